The molecule has 0 aromatic heterocycles. The van der Waals surface area contributed by atoms with Gasteiger partial charge in [0.15, 0.2) is 0 Å². The van der Waals surface area contributed by atoms with Crippen molar-refractivity contribution in [1.82, 2.24) is 32.3 Å². The zero-order valence-electron chi connectivity index (χ0n) is 24.7. The van der Waals surface area contributed by atoms with Crippen LogP contribution in [0.2, 0.25) is 0 Å². The molecule has 3 aliphatic heterocycles. The molecule has 1 unspecified atom stereocenters. The van der Waals surface area contributed by atoms with E-state index in [1.807, 2.05) is 48.5 Å². The van der Waals surface area contributed by atoms with E-state index >= 15 is 0 Å². The molecule has 4 atom stereocenters. The molecule has 12 nitrogen and oxygen atoms in total. The minimum atomic E-state index is -0.974. The lowest BCUT2D eigenvalue weighted by molar-refractivity contribution is -0.132. The molecule has 0 aliphatic carbocycles. The molecule has 7 N–H and O–H groups in total. The topological polar surface area (TPSA) is 164 Å². The Hall–Kier alpha value is -4.78. The second kappa shape index (κ2) is 13.5. The number of hydrazine groups is 2. The molecule has 3 aliphatic rings. The average Bonchev–Trinajstić information content (AvgIpc) is 3.68. The number of para-hydroxylation sites is 1. The lowest BCUT2D eigenvalue weighted by Gasteiger charge is -2.29. The first kappa shape index (κ1) is 30.3. The summed E-state index contributed by atoms with van der Waals surface area (Å²) in [6.07, 6.45) is 1.52. The van der Waals surface area contributed by atoms with E-state index < -0.39 is 24.0 Å². The minimum absolute atomic E-state index is 0.00257. The molecule has 3 heterocycles. The normalized spacial score (nSPS) is 21.0. The molecule has 3 aromatic carbocycles. The number of carbonyl (C=O) groups excluding carboxylic acids is 4. The Bertz CT molecular complexity index is 1560. The van der Waals surface area contributed by atoms with Crippen LogP contribution in [0.5, 0.6) is 5.75 Å². The molecular weight excluding hydrogens is 574 g/mol. The van der Waals surface area contributed by atoms with Crippen LogP contribution < -0.4 is 37.2 Å². The number of phenolic OH excluding ortho intramolecular Hbond substituents is 1. The Morgan fingerprint density at radius 2 is 1.73 bits per heavy atom. The Kier molecular flexibility index (Phi) is 9.06. The van der Waals surface area contributed by atoms with E-state index in [1.165, 1.54) is 12.1 Å². The summed E-state index contributed by atoms with van der Waals surface area (Å²) in [5.74, 6) is -1.35. The highest BCUT2D eigenvalue weighted by atomic mass is 16.3. The molecule has 234 valence electrons. The Balaban J connectivity index is 1.20. The molecule has 0 saturated carbocycles. The molecule has 0 bridgehead atoms. The maximum Gasteiger partial charge on any atom is 0.250 e. The fourth-order valence-electron chi connectivity index (χ4n) is 6.19. The number of rotatable bonds is 10. The highest BCUT2D eigenvalue weighted by Crippen LogP contribution is 2.39. The van der Waals surface area contributed by atoms with Crippen LogP contribution in [0, 0.1) is 0 Å². The number of aromatic hydroxyl groups is 1. The lowest BCUT2D eigenvalue weighted by atomic mass is 10.0. The summed E-state index contributed by atoms with van der Waals surface area (Å²) in [6.45, 7) is 1.02. The minimum Gasteiger partial charge on any atom is -0.508 e. The number of benzene rings is 3. The maximum absolute atomic E-state index is 14.1. The van der Waals surface area contributed by atoms with Gasteiger partial charge in [-0.2, -0.15) is 5.53 Å². The first-order valence-corrected chi connectivity index (χ1v) is 15.2. The Morgan fingerprint density at radius 3 is 2.49 bits per heavy atom. The third-order valence-corrected chi connectivity index (χ3v) is 8.50. The van der Waals surface area contributed by atoms with Gasteiger partial charge in [0.1, 0.15) is 23.9 Å². The van der Waals surface area contributed by atoms with Gasteiger partial charge in [-0.25, -0.2) is 10.9 Å². The number of anilines is 1. The molecule has 3 aromatic rings. The number of aryl methyl sites for hydroxylation is 1. The van der Waals surface area contributed by atoms with Gasteiger partial charge in [-0.3, -0.25) is 24.1 Å². The van der Waals surface area contributed by atoms with Gasteiger partial charge in [0.25, 0.3) is 0 Å². The number of carbonyl (C=O) groups is 4. The largest absolute Gasteiger partial charge is 0.508 e. The molecular formula is C33H37N7O5. The highest BCUT2D eigenvalue weighted by molar-refractivity contribution is 6.08. The monoisotopic (exact) mass is 611 g/mol. The molecule has 0 spiro atoms. The van der Waals surface area contributed by atoms with E-state index in [-0.39, 0.29) is 42.4 Å². The van der Waals surface area contributed by atoms with Crippen molar-refractivity contribution < 1.29 is 24.3 Å². The van der Waals surface area contributed by atoms with Crippen molar-refractivity contribution in [1.29, 1.82) is 0 Å². The first-order chi connectivity index (χ1) is 21.9. The van der Waals surface area contributed by atoms with Crippen LogP contribution >= 0.6 is 0 Å². The predicted molar refractivity (Wildman–Crippen MR) is 167 cm³/mol. The second-order valence-corrected chi connectivity index (χ2v) is 11.7. The van der Waals surface area contributed by atoms with Crippen molar-refractivity contribution in [3.8, 4) is 5.75 Å². The van der Waals surface area contributed by atoms with Gasteiger partial charge in [0.2, 0.25) is 23.6 Å². The summed E-state index contributed by atoms with van der Waals surface area (Å²) in [4.78, 5) is 56.0. The molecule has 12 heteroatoms. The van der Waals surface area contributed by atoms with E-state index in [2.05, 4.69) is 32.3 Å². The van der Waals surface area contributed by atoms with E-state index in [4.69, 9.17) is 0 Å². The second-order valence-electron chi connectivity index (χ2n) is 11.7. The van der Waals surface area contributed by atoms with Crippen molar-refractivity contribution in [2.24, 2.45) is 0 Å². The highest BCUT2D eigenvalue weighted by Gasteiger charge is 2.44. The fraction of sp³-hybridized carbons (Fsp3) is 0.333. The standard InChI is InChI=1S/C33H37N7O5/c41-25-12-9-21(10-13-25)15-27(36-29(42)16-20-5-2-1-3-6-20)31(43)37-26-14-11-22-7-4-8-23-17-28(40(30(22)23)33(26)45)32(44)34-18-24-19-35-39-38-24/h1-10,12-13,24,26-28,35,38-39,41H,11,14-19H2,(H,34,44)(H,36,42)(H,37,43)/t24?,26-,27-,28-/m0/s1. The number of amides is 4. The van der Waals surface area contributed by atoms with E-state index in [1.54, 1.807) is 17.0 Å². The Labute approximate surface area is 260 Å². The number of hydrogen-bond donors (Lipinski definition) is 7. The van der Waals surface area contributed by atoms with Gasteiger partial charge < -0.3 is 21.1 Å². The molecule has 0 radical (unpaired) electrons. The van der Waals surface area contributed by atoms with Crippen LogP contribution in [-0.4, -0.2) is 66.0 Å². The third-order valence-electron chi connectivity index (χ3n) is 8.50. The van der Waals surface area contributed by atoms with Crippen molar-refractivity contribution in [3.63, 3.8) is 0 Å². The van der Waals surface area contributed by atoms with Crippen LogP contribution in [0.3, 0.4) is 0 Å². The van der Waals surface area contributed by atoms with Gasteiger partial charge in [-0.1, -0.05) is 60.7 Å². The van der Waals surface area contributed by atoms with Gasteiger partial charge >= 0.3 is 0 Å². The third kappa shape index (κ3) is 6.98. The summed E-state index contributed by atoms with van der Waals surface area (Å²) in [7, 11) is 0. The summed E-state index contributed by atoms with van der Waals surface area (Å²) in [5.41, 5.74) is 13.0. The molecule has 1 fully saturated rings. The summed E-state index contributed by atoms with van der Waals surface area (Å²) < 4.78 is 0. The molecule has 4 amide bonds. The van der Waals surface area contributed by atoms with Gasteiger partial charge in [-0.05, 0) is 47.2 Å². The van der Waals surface area contributed by atoms with Crippen molar-refractivity contribution >= 4 is 29.3 Å². The number of hydrogen-bond acceptors (Lipinski definition) is 8. The quantitative estimate of drug-likeness (QED) is 0.170. The van der Waals surface area contributed by atoms with Crippen molar-refractivity contribution in [3.05, 3.63) is 95.1 Å². The number of phenols is 1. The van der Waals surface area contributed by atoms with Gasteiger partial charge in [0, 0.05) is 25.9 Å². The molecule has 6 rings (SSSR count). The van der Waals surface area contributed by atoms with E-state index in [9.17, 15) is 24.3 Å². The molecule has 45 heavy (non-hydrogen) atoms. The SMILES string of the molecule is O=C(Cc1ccccc1)N[C@@H](Cc1ccc(O)cc1)C(=O)N[C@H]1CCc2cccc3c2N(C1=O)[C@H](C(=O)NCC1CNNN1)C3. The zero-order chi connectivity index (χ0) is 31.3. The van der Waals surface area contributed by atoms with Crippen molar-refractivity contribution in [2.75, 3.05) is 18.0 Å². The fourth-order valence-corrected chi connectivity index (χ4v) is 6.19. The summed E-state index contributed by atoms with van der Waals surface area (Å²) in [5, 5.41) is 18.5. The summed E-state index contributed by atoms with van der Waals surface area (Å²) in [6, 6.07) is 18.9. The predicted octanol–water partition coefficient (Wildman–Crippen LogP) is 0.148. The van der Waals surface area contributed by atoms with E-state index in [0.717, 1.165) is 27.9 Å². The zero-order valence-corrected chi connectivity index (χ0v) is 24.7. The van der Waals surface area contributed by atoms with Crippen LogP contribution in [0.1, 0.15) is 28.7 Å². The van der Waals surface area contributed by atoms with Crippen LogP contribution in [0.4, 0.5) is 5.69 Å². The summed E-state index contributed by atoms with van der Waals surface area (Å²) >= 11 is 0. The van der Waals surface area contributed by atoms with Crippen molar-refractivity contribution in [2.45, 2.75) is 56.3 Å². The number of nitrogens with zero attached hydrogens (tertiary/aromatic N) is 1. The first-order valence-electron chi connectivity index (χ1n) is 15.2. The molecule has 1 saturated heterocycles. The van der Waals surface area contributed by atoms with Crippen LogP contribution in [-0.2, 0) is 44.9 Å². The lowest BCUT2D eigenvalue weighted by Crippen LogP contribution is -2.58. The maximum atomic E-state index is 14.1. The van der Waals surface area contributed by atoms with E-state index in [0.29, 0.717) is 32.4 Å². The smallest absolute Gasteiger partial charge is 0.250 e. The van der Waals surface area contributed by atoms with Gasteiger partial charge in [-0.15, -0.1) is 0 Å². The van der Waals surface area contributed by atoms with Crippen LogP contribution in [0.25, 0.3) is 0 Å². The van der Waals surface area contributed by atoms with Crippen LogP contribution in [0.15, 0.2) is 72.8 Å². The van der Waals surface area contributed by atoms with Gasteiger partial charge in [0.05, 0.1) is 18.2 Å². The average molecular weight is 612 g/mol. The number of nitrogens with one attached hydrogen (secondary N) is 6. The Morgan fingerprint density at radius 1 is 0.956 bits per heavy atom.